The predicted molar refractivity (Wildman–Crippen MR) is 99.3 cm³/mol. The van der Waals surface area contributed by atoms with E-state index in [0.717, 1.165) is 16.3 Å². The summed E-state index contributed by atoms with van der Waals surface area (Å²) >= 11 is 1.34. The number of hydrazine groups is 1. The van der Waals surface area contributed by atoms with Crippen LogP contribution in [0.5, 0.6) is 11.5 Å². The van der Waals surface area contributed by atoms with Crippen LogP contribution in [0.25, 0.3) is 21.2 Å². The molecule has 1 aliphatic rings. The number of thiazole rings is 1. The van der Waals surface area contributed by atoms with Gasteiger partial charge in [0.25, 0.3) is 0 Å². The summed E-state index contributed by atoms with van der Waals surface area (Å²) in [5.41, 5.74) is 6.02. The van der Waals surface area contributed by atoms with Crippen LogP contribution in [0.15, 0.2) is 51.7 Å². The molecule has 0 bridgehead atoms. The highest BCUT2D eigenvalue weighted by molar-refractivity contribution is 7.22. The van der Waals surface area contributed by atoms with E-state index in [9.17, 15) is 9.59 Å². The minimum Gasteiger partial charge on any atom is -0.454 e. The molecule has 2 aromatic heterocycles. The minimum atomic E-state index is -0.578. The van der Waals surface area contributed by atoms with Gasteiger partial charge < -0.3 is 13.9 Å². The second-order valence-corrected chi connectivity index (χ2v) is 6.77. The Morgan fingerprint density at radius 3 is 2.81 bits per heavy atom. The molecule has 0 saturated heterocycles. The Hall–Kier alpha value is -3.59. The van der Waals surface area contributed by atoms with Crippen LogP contribution in [0.4, 0.5) is 5.13 Å². The van der Waals surface area contributed by atoms with E-state index in [1.807, 2.05) is 6.07 Å². The zero-order chi connectivity index (χ0) is 18.4. The molecule has 0 radical (unpaired) electrons. The summed E-state index contributed by atoms with van der Waals surface area (Å²) < 4.78 is 17.1. The number of amides is 1. The van der Waals surface area contributed by atoms with Gasteiger partial charge in [-0.05, 0) is 12.1 Å². The lowest BCUT2D eigenvalue weighted by atomic mass is 10.2. The molecule has 3 heterocycles. The molecule has 5 rings (SSSR count). The lowest BCUT2D eigenvalue weighted by Crippen LogP contribution is -2.29. The molecule has 0 aliphatic carbocycles. The topological polar surface area (TPSA) is 103 Å². The maximum Gasteiger partial charge on any atom is 0.305 e. The van der Waals surface area contributed by atoms with Gasteiger partial charge in [-0.1, -0.05) is 23.5 Å². The Bertz CT molecular complexity index is 1220. The van der Waals surface area contributed by atoms with Crippen molar-refractivity contribution in [1.82, 2.24) is 10.4 Å². The van der Waals surface area contributed by atoms with E-state index in [1.165, 1.54) is 11.3 Å². The lowest BCUT2D eigenvalue weighted by molar-refractivity contribution is 0.0935. The molecule has 2 N–H and O–H groups in total. The van der Waals surface area contributed by atoms with Crippen LogP contribution in [-0.4, -0.2) is 17.7 Å². The summed E-state index contributed by atoms with van der Waals surface area (Å²) in [5, 5.41) is 0.899. The van der Waals surface area contributed by atoms with Gasteiger partial charge in [0, 0.05) is 18.2 Å². The number of aromatic nitrogens is 1. The number of hydrogen-bond donors (Lipinski definition) is 2. The van der Waals surface area contributed by atoms with Crippen LogP contribution in [0.2, 0.25) is 0 Å². The lowest BCUT2D eigenvalue weighted by Gasteiger charge is -2.05. The summed E-state index contributed by atoms with van der Waals surface area (Å²) in [5.74, 6) is 0.639. The Balaban J connectivity index is 1.37. The minimum absolute atomic E-state index is 0.0897. The highest BCUT2D eigenvalue weighted by Gasteiger charge is 2.17. The van der Waals surface area contributed by atoms with E-state index >= 15 is 0 Å². The molecule has 9 heteroatoms. The van der Waals surface area contributed by atoms with Crippen LogP contribution in [-0.2, 0) is 0 Å². The molecule has 27 heavy (non-hydrogen) atoms. The van der Waals surface area contributed by atoms with Gasteiger partial charge in [-0.15, -0.1) is 0 Å². The quantitative estimate of drug-likeness (QED) is 0.526. The molecule has 0 unspecified atom stereocenters. The highest BCUT2D eigenvalue weighted by atomic mass is 32.1. The van der Waals surface area contributed by atoms with E-state index in [1.54, 1.807) is 30.3 Å². The van der Waals surface area contributed by atoms with Crippen molar-refractivity contribution < 1.29 is 18.7 Å². The average molecular weight is 381 g/mol. The van der Waals surface area contributed by atoms with Gasteiger partial charge in [0.05, 0.1) is 15.6 Å². The van der Waals surface area contributed by atoms with E-state index in [-0.39, 0.29) is 18.0 Å². The Morgan fingerprint density at radius 1 is 1.11 bits per heavy atom. The number of benzene rings is 2. The molecule has 134 valence electrons. The molecular weight excluding hydrogens is 370 g/mol. The molecule has 2 aromatic carbocycles. The van der Waals surface area contributed by atoms with Gasteiger partial charge in [-0.3, -0.25) is 20.4 Å². The normalized spacial score (nSPS) is 12.4. The van der Waals surface area contributed by atoms with Crippen LogP contribution in [0.1, 0.15) is 10.6 Å². The van der Waals surface area contributed by atoms with E-state index in [4.69, 9.17) is 13.9 Å². The van der Waals surface area contributed by atoms with E-state index in [2.05, 4.69) is 15.8 Å². The van der Waals surface area contributed by atoms with Crippen molar-refractivity contribution in [3.8, 4) is 11.5 Å². The third-order valence-corrected chi connectivity index (χ3v) is 4.96. The van der Waals surface area contributed by atoms with Gasteiger partial charge >= 0.3 is 5.91 Å². The van der Waals surface area contributed by atoms with Crippen LogP contribution in [0, 0.1) is 0 Å². The monoisotopic (exact) mass is 381 g/mol. The first kappa shape index (κ1) is 15.6. The molecule has 4 aromatic rings. The first-order valence-corrected chi connectivity index (χ1v) is 8.78. The van der Waals surface area contributed by atoms with Gasteiger partial charge in [0.1, 0.15) is 5.58 Å². The first-order valence-electron chi connectivity index (χ1n) is 7.97. The maximum absolute atomic E-state index is 12.3. The van der Waals surface area contributed by atoms with Gasteiger partial charge in [-0.2, -0.15) is 0 Å². The number of nitrogens with zero attached hydrogens (tertiary/aromatic N) is 1. The molecule has 8 nitrogen and oxygen atoms in total. The fraction of sp³-hybridized carbons (Fsp3) is 0.0556. The largest absolute Gasteiger partial charge is 0.454 e. The summed E-state index contributed by atoms with van der Waals surface area (Å²) in [4.78, 5) is 28.8. The van der Waals surface area contributed by atoms with Gasteiger partial charge in [-0.25, -0.2) is 4.98 Å². The smallest absolute Gasteiger partial charge is 0.305 e. The van der Waals surface area contributed by atoms with Crippen LogP contribution < -0.4 is 25.8 Å². The molecule has 0 fully saturated rings. The highest BCUT2D eigenvalue weighted by Crippen LogP contribution is 2.38. The summed E-state index contributed by atoms with van der Waals surface area (Å²) in [6, 6.07) is 11.5. The molecule has 1 amide bonds. The van der Waals surface area contributed by atoms with E-state index in [0.29, 0.717) is 27.6 Å². The van der Waals surface area contributed by atoms with Gasteiger partial charge in [0.2, 0.25) is 11.9 Å². The van der Waals surface area contributed by atoms with Crippen molar-refractivity contribution in [2.75, 3.05) is 12.2 Å². The fourth-order valence-corrected chi connectivity index (χ4v) is 3.59. The number of fused-ring (bicyclic) bond motifs is 3. The van der Waals surface area contributed by atoms with Crippen molar-refractivity contribution in [2.24, 2.45) is 0 Å². The molecular formula is C18H11N3O5S. The van der Waals surface area contributed by atoms with Crippen LogP contribution >= 0.6 is 11.3 Å². The predicted octanol–water partition coefficient (Wildman–Crippen LogP) is 2.89. The number of nitrogens with one attached hydrogen (secondary N) is 2. The van der Waals surface area contributed by atoms with Gasteiger partial charge in [0.15, 0.2) is 22.7 Å². The Morgan fingerprint density at radius 2 is 1.93 bits per heavy atom. The number of para-hydroxylation sites is 1. The molecule has 0 saturated carbocycles. The van der Waals surface area contributed by atoms with Crippen molar-refractivity contribution >= 4 is 43.6 Å². The first-order chi connectivity index (χ1) is 13.2. The van der Waals surface area contributed by atoms with Crippen molar-refractivity contribution in [2.45, 2.75) is 0 Å². The standard InChI is InChI=1S/C18H11N3O5S/c22-11-6-15(26-12-4-2-1-3-9(11)12)17(23)20-21-18-19-10-5-13-14(25-8-24-13)7-16(10)27-18/h1-7H,8H2,(H,19,21)(H,20,23). The second-order valence-electron chi connectivity index (χ2n) is 5.74. The fourth-order valence-electron chi connectivity index (χ4n) is 2.76. The number of hydrogen-bond acceptors (Lipinski definition) is 8. The average Bonchev–Trinajstić information content (AvgIpc) is 3.29. The second kappa shape index (κ2) is 5.99. The Labute approximate surface area is 155 Å². The SMILES string of the molecule is O=C(NNc1nc2cc3c(cc2s1)OCO3)c1cc(=O)c2ccccc2o1. The van der Waals surface area contributed by atoms with E-state index < -0.39 is 5.91 Å². The number of ether oxygens (including phenoxy) is 2. The van der Waals surface area contributed by atoms with Crippen LogP contribution in [0.3, 0.4) is 0 Å². The summed E-state index contributed by atoms with van der Waals surface area (Å²) in [6.45, 7) is 0.199. The van der Waals surface area contributed by atoms with Crippen molar-refractivity contribution in [3.05, 3.63) is 58.4 Å². The van der Waals surface area contributed by atoms with Crippen molar-refractivity contribution in [1.29, 1.82) is 0 Å². The number of carbonyl (C=O) groups is 1. The number of carbonyl (C=O) groups excluding carboxylic acids is 1. The zero-order valence-electron chi connectivity index (χ0n) is 13.6. The molecule has 1 aliphatic heterocycles. The van der Waals surface area contributed by atoms with Crippen molar-refractivity contribution in [3.63, 3.8) is 0 Å². The Kier molecular flexibility index (Phi) is 3.47. The molecule has 0 atom stereocenters. The number of anilines is 1. The zero-order valence-corrected chi connectivity index (χ0v) is 14.5. The summed E-state index contributed by atoms with van der Waals surface area (Å²) in [7, 11) is 0. The number of rotatable bonds is 3. The third kappa shape index (κ3) is 2.74. The molecule has 0 spiro atoms. The maximum atomic E-state index is 12.3. The third-order valence-electron chi connectivity index (χ3n) is 4.02. The summed E-state index contributed by atoms with van der Waals surface area (Å²) in [6.07, 6.45) is 0.